The van der Waals surface area contributed by atoms with Crippen LogP contribution in [-0.2, 0) is 20.9 Å². The lowest BCUT2D eigenvalue weighted by Gasteiger charge is -2.37. The predicted octanol–water partition coefficient (Wildman–Crippen LogP) is 2.48. The first-order chi connectivity index (χ1) is 14.5. The fraction of sp³-hybridized carbons (Fsp3) is 0.348. The number of methoxy groups -OCH3 is 1. The number of carbonyl (C=O) groups excluding carboxylic acids is 2. The zero-order valence-electron chi connectivity index (χ0n) is 17.4. The van der Waals surface area contributed by atoms with Crippen molar-refractivity contribution in [2.75, 3.05) is 20.2 Å². The molecule has 1 aromatic carbocycles. The summed E-state index contributed by atoms with van der Waals surface area (Å²) in [6, 6.07) is 10.9. The zero-order valence-corrected chi connectivity index (χ0v) is 17.4. The summed E-state index contributed by atoms with van der Waals surface area (Å²) in [4.78, 5) is 34.4. The Hall–Kier alpha value is -3.19. The van der Waals surface area contributed by atoms with E-state index in [0.717, 1.165) is 5.56 Å². The maximum Gasteiger partial charge on any atom is 0.278 e. The van der Waals surface area contributed by atoms with E-state index in [-0.39, 0.29) is 30.6 Å². The highest BCUT2D eigenvalue weighted by molar-refractivity contribution is 6.35. The first-order valence-electron chi connectivity index (χ1n) is 10.0. The van der Waals surface area contributed by atoms with Crippen molar-refractivity contribution >= 4 is 17.4 Å². The molecule has 4 rings (SSSR count). The van der Waals surface area contributed by atoms with Crippen LogP contribution in [0.1, 0.15) is 25.0 Å². The third kappa shape index (κ3) is 3.68. The van der Waals surface area contributed by atoms with Crippen molar-refractivity contribution < 1.29 is 19.1 Å². The molecule has 0 radical (unpaired) electrons. The molecule has 2 aliphatic heterocycles. The summed E-state index contributed by atoms with van der Waals surface area (Å²) in [6.45, 7) is 5.19. The summed E-state index contributed by atoms with van der Waals surface area (Å²) in [6.07, 6.45) is 3.24. The second-order valence-electron chi connectivity index (χ2n) is 7.64. The van der Waals surface area contributed by atoms with Crippen molar-refractivity contribution in [1.82, 2.24) is 14.8 Å². The van der Waals surface area contributed by atoms with Gasteiger partial charge in [-0.25, -0.2) is 0 Å². The second kappa shape index (κ2) is 8.28. The van der Waals surface area contributed by atoms with Gasteiger partial charge in [0.1, 0.15) is 11.4 Å². The predicted molar refractivity (Wildman–Crippen MR) is 111 cm³/mol. The topological polar surface area (TPSA) is 72.0 Å². The molecule has 2 unspecified atom stereocenters. The van der Waals surface area contributed by atoms with E-state index in [4.69, 9.17) is 9.47 Å². The Morgan fingerprint density at radius 2 is 1.80 bits per heavy atom. The van der Waals surface area contributed by atoms with E-state index in [1.807, 2.05) is 43.0 Å². The number of amides is 2. The van der Waals surface area contributed by atoms with Crippen LogP contribution in [0.2, 0.25) is 0 Å². The Labute approximate surface area is 175 Å². The molecule has 0 aliphatic carbocycles. The van der Waals surface area contributed by atoms with Crippen LogP contribution in [0.15, 0.2) is 54.5 Å². The fourth-order valence-electron chi connectivity index (χ4n) is 4.13. The zero-order chi connectivity index (χ0) is 21.3. The van der Waals surface area contributed by atoms with Gasteiger partial charge >= 0.3 is 0 Å². The van der Waals surface area contributed by atoms with Crippen LogP contribution in [0.3, 0.4) is 0 Å². The molecular weight excluding hydrogens is 382 g/mol. The Morgan fingerprint density at radius 3 is 2.47 bits per heavy atom. The monoisotopic (exact) mass is 407 g/mol. The lowest BCUT2D eigenvalue weighted by atomic mass is 10.0. The normalized spacial score (nSPS) is 22.1. The van der Waals surface area contributed by atoms with Gasteiger partial charge in [-0.1, -0.05) is 24.3 Å². The average molecular weight is 407 g/mol. The molecule has 1 fully saturated rings. The lowest BCUT2D eigenvalue weighted by molar-refractivity contribution is -0.139. The molecule has 2 aromatic rings. The van der Waals surface area contributed by atoms with E-state index in [1.165, 1.54) is 4.90 Å². The molecule has 30 heavy (non-hydrogen) atoms. The summed E-state index contributed by atoms with van der Waals surface area (Å²) in [5.41, 5.74) is 2.20. The van der Waals surface area contributed by atoms with E-state index >= 15 is 0 Å². The van der Waals surface area contributed by atoms with E-state index in [2.05, 4.69) is 4.98 Å². The summed E-state index contributed by atoms with van der Waals surface area (Å²) in [5.74, 6) is -0.0649. The van der Waals surface area contributed by atoms with Crippen LogP contribution in [-0.4, -0.2) is 59.0 Å². The number of morpholine rings is 1. The molecule has 1 aromatic heterocycles. The smallest absolute Gasteiger partial charge is 0.278 e. The van der Waals surface area contributed by atoms with Crippen molar-refractivity contribution in [2.24, 2.45) is 0 Å². The van der Waals surface area contributed by atoms with Gasteiger partial charge in [0.15, 0.2) is 0 Å². The van der Waals surface area contributed by atoms with Crippen molar-refractivity contribution in [3.8, 4) is 5.75 Å². The van der Waals surface area contributed by atoms with Crippen LogP contribution in [0, 0.1) is 0 Å². The number of carbonyl (C=O) groups is 2. The first kappa shape index (κ1) is 20.1. The van der Waals surface area contributed by atoms with Gasteiger partial charge in [-0.05, 0) is 31.5 Å². The van der Waals surface area contributed by atoms with Crippen molar-refractivity contribution in [3.63, 3.8) is 0 Å². The molecule has 0 saturated carbocycles. The molecule has 0 bridgehead atoms. The molecule has 1 saturated heterocycles. The number of pyridine rings is 1. The SMILES string of the molecule is COc1ccccc1C1=C(N2CC(C)OC(C)C2)C(=O)N(Cc2cccnc2)C1=O. The van der Waals surface area contributed by atoms with Crippen LogP contribution in [0.5, 0.6) is 5.75 Å². The van der Waals surface area contributed by atoms with Gasteiger partial charge in [-0.2, -0.15) is 0 Å². The third-order valence-corrected chi connectivity index (χ3v) is 5.32. The van der Waals surface area contributed by atoms with Crippen molar-refractivity contribution in [1.29, 1.82) is 0 Å². The number of para-hydroxylation sites is 1. The quantitative estimate of drug-likeness (QED) is 0.709. The number of hydrogen-bond acceptors (Lipinski definition) is 6. The largest absolute Gasteiger partial charge is 0.496 e. The van der Waals surface area contributed by atoms with Gasteiger partial charge < -0.3 is 14.4 Å². The van der Waals surface area contributed by atoms with Gasteiger partial charge in [0.2, 0.25) is 0 Å². The lowest BCUT2D eigenvalue weighted by Crippen LogP contribution is -2.46. The van der Waals surface area contributed by atoms with Crippen LogP contribution < -0.4 is 4.74 Å². The molecule has 156 valence electrons. The molecule has 7 nitrogen and oxygen atoms in total. The summed E-state index contributed by atoms with van der Waals surface area (Å²) in [7, 11) is 1.56. The number of aromatic nitrogens is 1. The minimum atomic E-state index is -0.324. The standard InChI is InChI=1S/C23H25N3O4/c1-15-12-25(13-16(2)30-15)21-20(18-8-4-5-9-19(18)29-3)22(27)26(23(21)28)14-17-7-6-10-24-11-17/h4-11,15-16H,12-14H2,1-3H3. The third-order valence-electron chi connectivity index (χ3n) is 5.32. The maximum atomic E-state index is 13.5. The molecule has 3 heterocycles. The number of imide groups is 1. The Kier molecular flexibility index (Phi) is 5.55. The molecule has 2 amide bonds. The Morgan fingerprint density at radius 1 is 1.07 bits per heavy atom. The van der Waals surface area contributed by atoms with E-state index in [9.17, 15) is 9.59 Å². The van der Waals surface area contributed by atoms with Crippen LogP contribution in [0.25, 0.3) is 5.57 Å². The molecule has 2 aliphatic rings. The fourth-order valence-corrected chi connectivity index (χ4v) is 4.13. The molecule has 0 N–H and O–H groups in total. The van der Waals surface area contributed by atoms with Crippen molar-refractivity contribution in [3.05, 3.63) is 65.6 Å². The highest BCUT2D eigenvalue weighted by Gasteiger charge is 2.43. The minimum absolute atomic E-state index is 0.0459. The van der Waals surface area contributed by atoms with Gasteiger partial charge in [-0.3, -0.25) is 19.5 Å². The van der Waals surface area contributed by atoms with E-state index in [0.29, 0.717) is 35.7 Å². The van der Waals surface area contributed by atoms with E-state index < -0.39 is 0 Å². The molecule has 0 spiro atoms. The van der Waals surface area contributed by atoms with Gasteiger partial charge in [0.05, 0.1) is 31.4 Å². The summed E-state index contributed by atoms with van der Waals surface area (Å²) in [5, 5.41) is 0. The van der Waals surface area contributed by atoms with Gasteiger partial charge in [0.25, 0.3) is 11.8 Å². The first-order valence-corrected chi connectivity index (χ1v) is 10.0. The van der Waals surface area contributed by atoms with Crippen molar-refractivity contribution in [2.45, 2.75) is 32.6 Å². The number of hydrogen-bond donors (Lipinski definition) is 0. The maximum absolute atomic E-state index is 13.5. The average Bonchev–Trinajstić information content (AvgIpc) is 2.98. The molecule has 7 heteroatoms. The van der Waals surface area contributed by atoms with Crippen LogP contribution in [0.4, 0.5) is 0 Å². The highest BCUT2D eigenvalue weighted by atomic mass is 16.5. The van der Waals surface area contributed by atoms with Gasteiger partial charge in [-0.15, -0.1) is 0 Å². The Bertz CT molecular complexity index is 979. The van der Waals surface area contributed by atoms with Crippen LogP contribution >= 0.6 is 0 Å². The number of rotatable bonds is 5. The molecular formula is C23H25N3O4. The highest BCUT2D eigenvalue weighted by Crippen LogP contribution is 2.37. The number of nitrogens with zero attached hydrogens (tertiary/aromatic N) is 3. The van der Waals surface area contributed by atoms with E-state index in [1.54, 1.807) is 31.6 Å². The Balaban J connectivity index is 1.80. The van der Waals surface area contributed by atoms with Gasteiger partial charge in [0, 0.05) is 31.0 Å². The second-order valence-corrected chi connectivity index (χ2v) is 7.64. The summed E-state index contributed by atoms with van der Waals surface area (Å²) < 4.78 is 11.3. The minimum Gasteiger partial charge on any atom is -0.496 e. The molecule has 2 atom stereocenters. The number of ether oxygens (including phenoxy) is 2. The number of benzene rings is 1. The summed E-state index contributed by atoms with van der Waals surface area (Å²) >= 11 is 0.